The van der Waals surface area contributed by atoms with E-state index in [-0.39, 0.29) is 18.8 Å². The first-order valence-electron chi connectivity index (χ1n) is 18.0. The van der Waals surface area contributed by atoms with E-state index in [4.69, 9.17) is 28.4 Å². The molecule has 2 N–H and O–H groups in total. The lowest BCUT2D eigenvalue weighted by atomic mass is 9.90. The van der Waals surface area contributed by atoms with Crippen molar-refractivity contribution >= 4 is 45.8 Å². The van der Waals surface area contributed by atoms with E-state index in [9.17, 15) is 24.0 Å². The van der Waals surface area contributed by atoms with Crippen molar-refractivity contribution in [3.8, 4) is 28.4 Å². The van der Waals surface area contributed by atoms with Crippen molar-refractivity contribution in [2.75, 3.05) is 27.3 Å². The first kappa shape index (κ1) is 41.5. The number of fused-ring (bicyclic) bond motifs is 2. The lowest BCUT2D eigenvalue weighted by Gasteiger charge is -2.21. The third-order valence-corrected chi connectivity index (χ3v) is 8.23. The molecule has 2 aromatic heterocycles. The Morgan fingerprint density at radius 2 is 1.30 bits per heavy atom. The number of amides is 2. The molecule has 5 aromatic rings. The standard InChI is InChI=1S/C42H46N4O11/c1-41(2,3)56-39(50)44-21-36(48)54-23-28-17-27-18-32(52-7)33(53-8)20-29(27)38(30(28)24-55-37(49)22-45-40(51)57-42(4,5)6)26-15-16-43-34(19-26)46-31-12-10-9-11-25(31)13-14-35(46)47/h9-20H,21-24H2,1-8H3,(H,44,50)(H,45,51). The van der Waals surface area contributed by atoms with Gasteiger partial charge in [0, 0.05) is 17.8 Å². The van der Waals surface area contributed by atoms with Gasteiger partial charge in [0.25, 0.3) is 5.56 Å². The fourth-order valence-corrected chi connectivity index (χ4v) is 5.90. The Hall–Kier alpha value is -6.64. The van der Waals surface area contributed by atoms with Crippen molar-refractivity contribution in [3.63, 3.8) is 0 Å². The minimum atomic E-state index is -0.799. The van der Waals surface area contributed by atoms with E-state index in [1.54, 1.807) is 84.1 Å². The lowest BCUT2D eigenvalue weighted by Crippen LogP contribution is -2.36. The average Bonchev–Trinajstić information content (AvgIpc) is 3.15. The average molecular weight is 783 g/mol. The number of para-hydroxylation sites is 1. The molecule has 3 aromatic carbocycles. The van der Waals surface area contributed by atoms with Crippen molar-refractivity contribution in [1.82, 2.24) is 20.2 Å². The fraction of sp³-hybridized carbons (Fsp3) is 0.333. The molecule has 300 valence electrons. The van der Waals surface area contributed by atoms with Gasteiger partial charge in [0.1, 0.15) is 43.3 Å². The van der Waals surface area contributed by atoms with Gasteiger partial charge in [0.2, 0.25) is 0 Å². The second kappa shape index (κ2) is 17.4. The van der Waals surface area contributed by atoms with E-state index in [1.165, 1.54) is 24.9 Å². The summed E-state index contributed by atoms with van der Waals surface area (Å²) < 4.78 is 34.6. The number of methoxy groups -OCH3 is 2. The summed E-state index contributed by atoms with van der Waals surface area (Å²) in [7, 11) is 3.00. The Labute approximate surface area is 329 Å². The van der Waals surface area contributed by atoms with Crippen molar-refractivity contribution in [1.29, 1.82) is 0 Å². The maximum atomic E-state index is 13.4. The van der Waals surface area contributed by atoms with E-state index in [2.05, 4.69) is 15.6 Å². The molecule has 2 heterocycles. The molecule has 0 atom stereocenters. The van der Waals surface area contributed by atoms with E-state index in [0.717, 1.165) is 5.39 Å². The van der Waals surface area contributed by atoms with E-state index in [1.807, 2.05) is 24.3 Å². The van der Waals surface area contributed by atoms with E-state index in [0.29, 0.717) is 55.9 Å². The summed E-state index contributed by atoms with van der Waals surface area (Å²) in [5, 5.41) is 6.88. The molecule has 0 aliphatic rings. The molecule has 0 aliphatic heterocycles. The van der Waals surface area contributed by atoms with Gasteiger partial charge < -0.3 is 39.1 Å². The number of pyridine rings is 2. The van der Waals surface area contributed by atoms with Crippen LogP contribution in [-0.2, 0) is 41.8 Å². The number of esters is 2. The molecular weight excluding hydrogens is 736 g/mol. The van der Waals surface area contributed by atoms with Gasteiger partial charge in [-0.1, -0.05) is 18.2 Å². The molecule has 57 heavy (non-hydrogen) atoms. The van der Waals surface area contributed by atoms with Crippen LogP contribution in [0, 0.1) is 0 Å². The zero-order valence-corrected chi connectivity index (χ0v) is 33.1. The Balaban J connectivity index is 1.62. The molecule has 0 bridgehead atoms. The van der Waals surface area contributed by atoms with Gasteiger partial charge in [-0.05, 0) is 117 Å². The summed E-state index contributed by atoms with van der Waals surface area (Å²) in [5.74, 6) is -0.395. The zero-order valence-electron chi connectivity index (χ0n) is 33.1. The first-order chi connectivity index (χ1) is 27.0. The van der Waals surface area contributed by atoms with Crippen LogP contribution in [0.3, 0.4) is 0 Å². The molecule has 15 heteroatoms. The maximum Gasteiger partial charge on any atom is 0.408 e. The number of alkyl carbamates (subject to hydrolysis) is 2. The SMILES string of the molecule is COc1cc2cc(COC(=O)CNC(=O)OC(C)(C)C)c(COC(=O)CNC(=O)OC(C)(C)C)c(-c3ccnc(-n4c(=O)ccc5ccccc54)c3)c2cc1OC. The van der Waals surface area contributed by atoms with Gasteiger partial charge >= 0.3 is 24.1 Å². The smallest absolute Gasteiger partial charge is 0.408 e. The van der Waals surface area contributed by atoms with Gasteiger partial charge in [0.15, 0.2) is 11.5 Å². The number of hydrogen-bond donors (Lipinski definition) is 2. The highest BCUT2D eigenvalue weighted by Gasteiger charge is 2.23. The lowest BCUT2D eigenvalue weighted by molar-refractivity contribution is -0.145. The van der Waals surface area contributed by atoms with Crippen LogP contribution >= 0.6 is 0 Å². The van der Waals surface area contributed by atoms with E-state index < -0.39 is 48.4 Å². The second-order valence-corrected chi connectivity index (χ2v) is 14.8. The van der Waals surface area contributed by atoms with Crippen molar-refractivity contribution in [2.24, 2.45) is 0 Å². The number of benzene rings is 3. The van der Waals surface area contributed by atoms with Gasteiger partial charge in [-0.2, -0.15) is 0 Å². The number of carbonyl (C=O) groups excluding carboxylic acids is 4. The highest BCUT2D eigenvalue weighted by Crippen LogP contribution is 2.41. The monoisotopic (exact) mass is 782 g/mol. The Bertz CT molecular complexity index is 2380. The quantitative estimate of drug-likeness (QED) is 0.106. The molecule has 0 spiro atoms. The summed E-state index contributed by atoms with van der Waals surface area (Å²) >= 11 is 0. The van der Waals surface area contributed by atoms with Crippen LogP contribution < -0.4 is 25.7 Å². The normalized spacial score (nSPS) is 11.4. The van der Waals surface area contributed by atoms with Crippen LogP contribution in [0.25, 0.3) is 38.6 Å². The Morgan fingerprint density at radius 1 is 0.702 bits per heavy atom. The summed E-state index contributed by atoms with van der Waals surface area (Å²) in [6.07, 6.45) is -0.0338. The molecule has 2 amide bonds. The molecule has 0 saturated heterocycles. The topological polar surface area (TPSA) is 183 Å². The van der Waals surface area contributed by atoms with Gasteiger partial charge in [-0.3, -0.25) is 19.0 Å². The minimum Gasteiger partial charge on any atom is -0.493 e. The molecule has 15 nitrogen and oxygen atoms in total. The van der Waals surface area contributed by atoms with Crippen LogP contribution in [0.5, 0.6) is 11.5 Å². The Morgan fingerprint density at radius 3 is 1.91 bits per heavy atom. The molecule has 0 aliphatic carbocycles. The van der Waals surface area contributed by atoms with Gasteiger partial charge in [-0.25, -0.2) is 14.6 Å². The van der Waals surface area contributed by atoms with Crippen molar-refractivity contribution < 1.29 is 47.6 Å². The largest absolute Gasteiger partial charge is 0.493 e. The van der Waals surface area contributed by atoms with Crippen LogP contribution in [0.4, 0.5) is 9.59 Å². The van der Waals surface area contributed by atoms with Crippen LogP contribution in [0.2, 0.25) is 0 Å². The molecule has 0 unspecified atom stereocenters. The fourth-order valence-electron chi connectivity index (χ4n) is 5.90. The number of ether oxygens (including phenoxy) is 6. The highest BCUT2D eigenvalue weighted by molar-refractivity contribution is 6.01. The molecule has 0 saturated carbocycles. The zero-order chi connectivity index (χ0) is 41.5. The first-order valence-corrected chi connectivity index (χ1v) is 18.0. The minimum absolute atomic E-state index is 0.304. The van der Waals surface area contributed by atoms with Gasteiger partial charge in [0.05, 0.1) is 19.7 Å². The summed E-state index contributed by atoms with van der Waals surface area (Å²) in [6, 6.07) is 19.4. The number of hydrogen-bond acceptors (Lipinski definition) is 12. The molecule has 0 radical (unpaired) electrons. The predicted molar refractivity (Wildman–Crippen MR) is 211 cm³/mol. The molecule has 5 rings (SSSR count). The van der Waals surface area contributed by atoms with Gasteiger partial charge in [-0.15, -0.1) is 0 Å². The van der Waals surface area contributed by atoms with Crippen LogP contribution in [0.1, 0.15) is 52.7 Å². The third kappa shape index (κ3) is 10.8. The van der Waals surface area contributed by atoms with Crippen LogP contribution in [0.15, 0.2) is 77.7 Å². The summed E-state index contributed by atoms with van der Waals surface area (Å²) in [4.78, 5) is 68.5. The number of aromatic nitrogens is 2. The van der Waals surface area contributed by atoms with Crippen LogP contribution in [-0.4, -0.2) is 72.2 Å². The number of rotatable bonds is 12. The molecule has 0 fully saturated rings. The van der Waals surface area contributed by atoms with E-state index >= 15 is 0 Å². The second-order valence-electron chi connectivity index (χ2n) is 14.8. The maximum absolute atomic E-state index is 13.4. The molecular formula is C42H46N4O11. The predicted octanol–water partition coefficient (Wildman–Crippen LogP) is 6.36. The summed E-state index contributed by atoms with van der Waals surface area (Å²) in [6.45, 7) is 8.54. The van der Waals surface area contributed by atoms with Crippen molar-refractivity contribution in [3.05, 3.63) is 94.4 Å². The summed E-state index contributed by atoms with van der Waals surface area (Å²) in [5.41, 5.74) is 0.737. The number of carbonyl (C=O) groups is 4. The number of nitrogens with zero attached hydrogens (tertiary/aromatic N) is 2. The Kier molecular flexibility index (Phi) is 12.7. The highest BCUT2D eigenvalue weighted by atomic mass is 16.6. The third-order valence-electron chi connectivity index (χ3n) is 8.23. The van der Waals surface area contributed by atoms with Crippen molar-refractivity contribution in [2.45, 2.75) is 66.0 Å². The number of nitrogens with one attached hydrogen (secondary N) is 2.